The minimum Gasteiger partial charge on any atom is -0.454 e. The van der Waals surface area contributed by atoms with Gasteiger partial charge in [-0.25, -0.2) is 0 Å². The molecule has 1 aromatic heterocycles. The fraction of sp³-hybridized carbons (Fsp3) is 0. The number of anilines is 3. The van der Waals surface area contributed by atoms with Crippen molar-refractivity contribution in [2.24, 2.45) is 0 Å². The van der Waals surface area contributed by atoms with E-state index in [4.69, 9.17) is 4.42 Å². The Morgan fingerprint density at radius 1 is 0.276 bits per heavy atom. The molecule has 0 saturated heterocycles. The van der Waals surface area contributed by atoms with E-state index in [1.807, 2.05) is 12.1 Å². The molecule has 11 aromatic rings. The Labute approximate surface area is 337 Å². The lowest BCUT2D eigenvalue weighted by Crippen LogP contribution is -2.10. The molecule has 1 heterocycles. The van der Waals surface area contributed by atoms with Crippen LogP contribution in [0.25, 0.3) is 88.0 Å². The van der Waals surface area contributed by atoms with E-state index in [1.54, 1.807) is 0 Å². The first kappa shape index (κ1) is 33.6. The maximum absolute atomic E-state index is 6.61. The summed E-state index contributed by atoms with van der Waals surface area (Å²) in [7, 11) is 0. The summed E-state index contributed by atoms with van der Waals surface area (Å²) in [5.74, 6) is 0. The summed E-state index contributed by atoms with van der Waals surface area (Å²) in [6, 6.07) is 80.6. The number of hydrogen-bond acceptors (Lipinski definition) is 2. The first-order chi connectivity index (χ1) is 28.8. The second kappa shape index (κ2) is 14.1. The molecule has 0 unspecified atom stereocenters. The molecule has 2 heteroatoms. The zero-order chi connectivity index (χ0) is 38.4. The van der Waals surface area contributed by atoms with Crippen molar-refractivity contribution in [2.75, 3.05) is 4.90 Å². The van der Waals surface area contributed by atoms with Crippen LogP contribution in [0.3, 0.4) is 0 Å². The van der Waals surface area contributed by atoms with Crippen molar-refractivity contribution in [3.8, 4) is 44.5 Å². The van der Waals surface area contributed by atoms with Gasteiger partial charge in [-0.1, -0.05) is 182 Å². The molecule has 0 aliphatic heterocycles. The molecule has 0 atom stereocenters. The van der Waals surface area contributed by atoms with Gasteiger partial charge in [0.25, 0.3) is 0 Å². The lowest BCUT2D eigenvalue weighted by atomic mass is 9.84. The van der Waals surface area contributed by atoms with Crippen molar-refractivity contribution < 1.29 is 4.42 Å². The lowest BCUT2D eigenvalue weighted by molar-refractivity contribution is 0.669. The Balaban J connectivity index is 1.07. The van der Waals surface area contributed by atoms with E-state index in [9.17, 15) is 0 Å². The highest BCUT2D eigenvalue weighted by atomic mass is 16.3. The molecule has 0 aliphatic rings. The molecule has 2 nitrogen and oxygen atoms in total. The van der Waals surface area contributed by atoms with Crippen LogP contribution in [0.15, 0.2) is 229 Å². The molecular formula is C56H37NO. The van der Waals surface area contributed by atoms with Gasteiger partial charge < -0.3 is 9.32 Å². The molecule has 0 amide bonds. The van der Waals surface area contributed by atoms with Gasteiger partial charge in [-0.15, -0.1) is 0 Å². The minimum atomic E-state index is 0.865. The van der Waals surface area contributed by atoms with E-state index in [2.05, 4.69) is 217 Å². The molecule has 0 N–H and O–H groups in total. The van der Waals surface area contributed by atoms with E-state index < -0.39 is 0 Å². The number of benzene rings is 10. The highest BCUT2D eigenvalue weighted by Crippen LogP contribution is 2.46. The molecule has 0 spiro atoms. The molecule has 0 bridgehead atoms. The SMILES string of the molecule is c1ccc(-c2ccc(N(c3ccc(-c4ccc5c(c4)c(-c4ccccc4)c(-c4ccccc4)c4ccccc45)cc3)c3cccc4c3oc3ccccc34)cc2)cc1. The van der Waals surface area contributed by atoms with Crippen LogP contribution >= 0.6 is 0 Å². The number of rotatable bonds is 7. The van der Waals surface area contributed by atoms with E-state index in [0.29, 0.717) is 0 Å². The summed E-state index contributed by atoms with van der Waals surface area (Å²) in [6.07, 6.45) is 0. The van der Waals surface area contributed by atoms with Gasteiger partial charge in [-0.05, 0) is 109 Å². The highest BCUT2D eigenvalue weighted by Gasteiger charge is 2.21. The van der Waals surface area contributed by atoms with E-state index in [1.165, 1.54) is 60.5 Å². The third kappa shape index (κ3) is 5.74. The van der Waals surface area contributed by atoms with E-state index >= 15 is 0 Å². The van der Waals surface area contributed by atoms with Crippen LogP contribution in [-0.4, -0.2) is 0 Å². The van der Waals surface area contributed by atoms with Crippen LogP contribution in [0, 0.1) is 0 Å². The summed E-state index contributed by atoms with van der Waals surface area (Å²) >= 11 is 0. The largest absolute Gasteiger partial charge is 0.454 e. The van der Waals surface area contributed by atoms with Crippen molar-refractivity contribution >= 4 is 60.5 Å². The minimum absolute atomic E-state index is 0.865. The van der Waals surface area contributed by atoms with Crippen LogP contribution in [0.4, 0.5) is 17.1 Å². The summed E-state index contributed by atoms with van der Waals surface area (Å²) < 4.78 is 6.61. The zero-order valence-corrected chi connectivity index (χ0v) is 31.7. The number of fused-ring (bicyclic) bond motifs is 6. The Hall–Kier alpha value is -7.68. The third-order valence-corrected chi connectivity index (χ3v) is 11.5. The molecule has 0 aliphatic carbocycles. The van der Waals surface area contributed by atoms with Crippen molar-refractivity contribution in [2.45, 2.75) is 0 Å². The van der Waals surface area contributed by atoms with Crippen LogP contribution in [0.2, 0.25) is 0 Å². The Kier molecular flexibility index (Phi) is 8.19. The summed E-state index contributed by atoms with van der Waals surface area (Å²) in [5.41, 5.74) is 14.5. The summed E-state index contributed by atoms with van der Waals surface area (Å²) in [5, 5.41) is 7.22. The molecule has 11 rings (SSSR count). The van der Waals surface area contributed by atoms with E-state index in [-0.39, 0.29) is 0 Å². The average Bonchev–Trinajstić information content (AvgIpc) is 3.69. The maximum Gasteiger partial charge on any atom is 0.159 e. The monoisotopic (exact) mass is 739 g/mol. The smallest absolute Gasteiger partial charge is 0.159 e. The van der Waals surface area contributed by atoms with Crippen molar-refractivity contribution in [3.63, 3.8) is 0 Å². The molecule has 10 aromatic carbocycles. The molecular weight excluding hydrogens is 703 g/mol. The number of nitrogens with zero attached hydrogens (tertiary/aromatic N) is 1. The fourth-order valence-electron chi connectivity index (χ4n) is 8.75. The maximum atomic E-state index is 6.61. The van der Waals surface area contributed by atoms with Gasteiger partial charge in [-0.2, -0.15) is 0 Å². The zero-order valence-electron chi connectivity index (χ0n) is 31.7. The van der Waals surface area contributed by atoms with Gasteiger partial charge in [0.05, 0.1) is 5.69 Å². The first-order valence-corrected chi connectivity index (χ1v) is 19.8. The number of furan rings is 1. The second-order valence-corrected chi connectivity index (χ2v) is 14.8. The van der Waals surface area contributed by atoms with E-state index in [0.717, 1.165) is 44.6 Å². The Bertz CT molecular complexity index is 3240. The number of hydrogen-bond donors (Lipinski definition) is 0. The van der Waals surface area contributed by atoms with Crippen LogP contribution in [0.5, 0.6) is 0 Å². The molecule has 0 fully saturated rings. The van der Waals surface area contributed by atoms with Gasteiger partial charge in [0.15, 0.2) is 5.58 Å². The highest BCUT2D eigenvalue weighted by molar-refractivity contribution is 6.22. The predicted molar refractivity (Wildman–Crippen MR) is 245 cm³/mol. The Morgan fingerprint density at radius 2 is 0.724 bits per heavy atom. The van der Waals surface area contributed by atoms with Gasteiger partial charge >= 0.3 is 0 Å². The average molecular weight is 740 g/mol. The standard InChI is InChI=1S/C56H37NO/c1-4-15-38(16-5-1)39-27-32-44(33-28-39)57(52-25-14-24-50-48-22-12-13-26-53(48)58-56(50)52)45-34-29-40(30-35-45)43-31-36-47-46-21-10-11-23-49(46)54(41-17-6-2-7-18-41)55(51(47)37-43)42-19-8-3-9-20-42/h1-37H. The van der Waals surface area contributed by atoms with Crippen LogP contribution in [0.1, 0.15) is 0 Å². The normalized spacial score (nSPS) is 11.4. The van der Waals surface area contributed by atoms with Crippen LogP contribution in [-0.2, 0) is 0 Å². The van der Waals surface area contributed by atoms with Crippen molar-refractivity contribution in [3.05, 3.63) is 224 Å². The molecule has 58 heavy (non-hydrogen) atoms. The number of para-hydroxylation sites is 2. The fourth-order valence-corrected chi connectivity index (χ4v) is 8.75. The second-order valence-electron chi connectivity index (χ2n) is 14.8. The summed E-state index contributed by atoms with van der Waals surface area (Å²) in [6.45, 7) is 0. The van der Waals surface area contributed by atoms with Crippen LogP contribution < -0.4 is 4.90 Å². The molecule has 0 radical (unpaired) electrons. The predicted octanol–water partition coefficient (Wildman–Crippen LogP) is 16.0. The topological polar surface area (TPSA) is 16.4 Å². The Morgan fingerprint density at radius 3 is 1.36 bits per heavy atom. The van der Waals surface area contributed by atoms with Gasteiger partial charge in [-0.3, -0.25) is 0 Å². The van der Waals surface area contributed by atoms with Gasteiger partial charge in [0, 0.05) is 22.1 Å². The quantitative estimate of drug-likeness (QED) is 0.151. The molecule has 0 saturated carbocycles. The van der Waals surface area contributed by atoms with Gasteiger partial charge in [0.1, 0.15) is 5.58 Å². The van der Waals surface area contributed by atoms with Crippen molar-refractivity contribution in [1.29, 1.82) is 0 Å². The summed E-state index contributed by atoms with van der Waals surface area (Å²) in [4.78, 5) is 2.31. The third-order valence-electron chi connectivity index (χ3n) is 11.5. The molecule has 272 valence electrons. The first-order valence-electron chi connectivity index (χ1n) is 19.8. The van der Waals surface area contributed by atoms with Crippen molar-refractivity contribution in [1.82, 2.24) is 0 Å². The van der Waals surface area contributed by atoms with Gasteiger partial charge in [0.2, 0.25) is 0 Å². The lowest BCUT2D eigenvalue weighted by Gasteiger charge is -2.26.